The van der Waals surface area contributed by atoms with E-state index >= 15 is 0 Å². The Kier molecular flexibility index (Phi) is 7.55. The van der Waals surface area contributed by atoms with Crippen molar-refractivity contribution in [1.29, 1.82) is 0 Å². The zero-order chi connectivity index (χ0) is 21.7. The van der Waals surface area contributed by atoms with E-state index in [1.165, 1.54) is 23.9 Å². The van der Waals surface area contributed by atoms with E-state index in [9.17, 15) is 13.2 Å². The molecule has 0 bridgehead atoms. The van der Waals surface area contributed by atoms with E-state index in [0.717, 1.165) is 12.8 Å². The lowest BCUT2D eigenvalue weighted by molar-refractivity contribution is -0.117. The molecule has 1 aromatic rings. The fraction of sp³-hybridized carbons (Fsp3) is 0.591. The lowest BCUT2D eigenvalue weighted by atomic mass is 9.78. The standard InChI is InChI=1S/C22H32N2O5S/c1-16-5-4-6-19(17(16)2)23-22(25)10-8-18-7-9-20(28-3)21(15-18)30(26,27)24-11-13-29-14-12-24/h7-10,15-17,19H,4-6,11-14H2,1-3H3,(H,23,25). The molecule has 3 unspecified atom stereocenters. The molecule has 1 heterocycles. The summed E-state index contributed by atoms with van der Waals surface area (Å²) in [5.41, 5.74) is 0.628. The molecule has 0 spiro atoms. The number of amides is 1. The van der Waals surface area contributed by atoms with Crippen molar-refractivity contribution in [3.05, 3.63) is 29.8 Å². The van der Waals surface area contributed by atoms with Crippen LogP contribution in [0, 0.1) is 11.8 Å². The topological polar surface area (TPSA) is 84.9 Å². The molecule has 1 aromatic carbocycles. The summed E-state index contributed by atoms with van der Waals surface area (Å²) in [5.74, 6) is 1.17. The SMILES string of the molecule is COc1ccc(C=CC(=O)NC2CCCC(C)C2C)cc1S(=O)(=O)N1CCOCC1. The number of hydrogen-bond acceptors (Lipinski definition) is 5. The first-order valence-electron chi connectivity index (χ1n) is 10.6. The molecule has 1 N–H and O–H groups in total. The highest BCUT2D eigenvalue weighted by molar-refractivity contribution is 7.89. The summed E-state index contributed by atoms with van der Waals surface area (Å²) in [6.07, 6.45) is 6.44. The molecule has 2 aliphatic rings. The van der Waals surface area contributed by atoms with Gasteiger partial charge in [0.15, 0.2) is 0 Å². The predicted octanol–water partition coefficient (Wildman–Crippen LogP) is 2.67. The number of ether oxygens (including phenoxy) is 2. The lowest BCUT2D eigenvalue weighted by Gasteiger charge is -2.34. The number of morpholine rings is 1. The number of carbonyl (C=O) groups is 1. The van der Waals surface area contributed by atoms with Crippen molar-refractivity contribution < 1.29 is 22.7 Å². The summed E-state index contributed by atoms with van der Waals surface area (Å²) in [6, 6.07) is 5.10. The Morgan fingerprint density at radius 3 is 2.67 bits per heavy atom. The number of nitrogens with one attached hydrogen (secondary N) is 1. The van der Waals surface area contributed by atoms with Gasteiger partial charge in [-0.25, -0.2) is 8.42 Å². The van der Waals surface area contributed by atoms with Crippen LogP contribution in [-0.4, -0.2) is 58.1 Å². The van der Waals surface area contributed by atoms with Crippen molar-refractivity contribution in [3.63, 3.8) is 0 Å². The summed E-state index contributed by atoms with van der Waals surface area (Å²) in [5, 5.41) is 3.10. The van der Waals surface area contributed by atoms with Crippen LogP contribution in [0.4, 0.5) is 0 Å². The average molecular weight is 437 g/mol. The van der Waals surface area contributed by atoms with Crippen LogP contribution in [-0.2, 0) is 19.6 Å². The van der Waals surface area contributed by atoms with E-state index in [0.29, 0.717) is 43.7 Å². The maximum Gasteiger partial charge on any atom is 0.246 e. The Morgan fingerprint density at radius 2 is 1.97 bits per heavy atom. The van der Waals surface area contributed by atoms with Gasteiger partial charge in [-0.1, -0.05) is 32.8 Å². The first kappa shape index (κ1) is 22.8. The van der Waals surface area contributed by atoms with E-state index < -0.39 is 10.0 Å². The van der Waals surface area contributed by atoms with Gasteiger partial charge in [0.05, 0.1) is 20.3 Å². The fourth-order valence-electron chi connectivity index (χ4n) is 4.11. The number of carbonyl (C=O) groups excluding carboxylic acids is 1. The van der Waals surface area contributed by atoms with Crippen LogP contribution in [0.1, 0.15) is 38.7 Å². The third kappa shape index (κ3) is 5.22. The summed E-state index contributed by atoms with van der Waals surface area (Å²) in [4.78, 5) is 12.5. The normalized spacial score (nSPS) is 25.9. The van der Waals surface area contributed by atoms with Crippen molar-refractivity contribution in [2.75, 3.05) is 33.4 Å². The number of nitrogens with zero attached hydrogens (tertiary/aromatic N) is 1. The molecule has 30 heavy (non-hydrogen) atoms. The predicted molar refractivity (Wildman–Crippen MR) is 116 cm³/mol. The Bertz CT molecular complexity index is 878. The maximum absolute atomic E-state index is 13.1. The molecule has 7 nitrogen and oxygen atoms in total. The average Bonchev–Trinajstić information content (AvgIpc) is 2.76. The summed E-state index contributed by atoms with van der Waals surface area (Å²) in [7, 11) is -2.26. The summed E-state index contributed by atoms with van der Waals surface area (Å²) < 4.78 is 38.1. The molecular weight excluding hydrogens is 404 g/mol. The number of hydrogen-bond donors (Lipinski definition) is 1. The quantitative estimate of drug-likeness (QED) is 0.693. The van der Waals surface area contributed by atoms with Crippen LogP contribution >= 0.6 is 0 Å². The second-order valence-corrected chi connectivity index (χ2v) is 10.0. The van der Waals surface area contributed by atoms with E-state index in [1.54, 1.807) is 24.3 Å². The van der Waals surface area contributed by atoms with Gasteiger partial charge < -0.3 is 14.8 Å². The van der Waals surface area contributed by atoms with Crippen molar-refractivity contribution in [2.24, 2.45) is 11.8 Å². The molecular formula is C22H32N2O5S. The van der Waals surface area contributed by atoms with E-state index in [-0.39, 0.29) is 22.6 Å². The number of sulfonamides is 1. The van der Waals surface area contributed by atoms with Crippen molar-refractivity contribution in [1.82, 2.24) is 9.62 Å². The molecule has 1 aliphatic heterocycles. The van der Waals surface area contributed by atoms with Crippen LogP contribution in [0.15, 0.2) is 29.2 Å². The molecule has 0 aromatic heterocycles. The van der Waals surface area contributed by atoms with Gasteiger partial charge in [0.1, 0.15) is 10.6 Å². The molecule has 1 amide bonds. The van der Waals surface area contributed by atoms with Gasteiger partial charge >= 0.3 is 0 Å². The second kappa shape index (κ2) is 9.94. The summed E-state index contributed by atoms with van der Waals surface area (Å²) >= 11 is 0. The van der Waals surface area contributed by atoms with Crippen molar-refractivity contribution in [3.8, 4) is 5.75 Å². The lowest BCUT2D eigenvalue weighted by Crippen LogP contribution is -2.43. The van der Waals surface area contributed by atoms with Gasteiger partial charge in [0, 0.05) is 25.2 Å². The Labute approximate surface area is 179 Å². The first-order chi connectivity index (χ1) is 14.3. The highest BCUT2D eigenvalue weighted by atomic mass is 32.2. The van der Waals surface area contributed by atoms with E-state index in [2.05, 4.69) is 19.2 Å². The largest absolute Gasteiger partial charge is 0.495 e. The van der Waals surface area contributed by atoms with Crippen LogP contribution < -0.4 is 10.1 Å². The molecule has 3 rings (SSSR count). The van der Waals surface area contributed by atoms with Gasteiger partial charge in [0.25, 0.3) is 0 Å². The minimum Gasteiger partial charge on any atom is -0.495 e. The first-order valence-corrected chi connectivity index (χ1v) is 12.0. The number of methoxy groups -OCH3 is 1. The molecule has 3 atom stereocenters. The van der Waals surface area contributed by atoms with Crippen LogP contribution in [0.2, 0.25) is 0 Å². The highest BCUT2D eigenvalue weighted by Crippen LogP contribution is 2.30. The van der Waals surface area contributed by atoms with Gasteiger partial charge in [-0.2, -0.15) is 4.31 Å². The number of rotatable bonds is 6. The zero-order valence-corrected chi connectivity index (χ0v) is 18.8. The van der Waals surface area contributed by atoms with Crippen molar-refractivity contribution >= 4 is 22.0 Å². The molecule has 0 radical (unpaired) electrons. The Balaban J connectivity index is 1.75. The van der Waals surface area contributed by atoms with Gasteiger partial charge in [0.2, 0.25) is 15.9 Å². The second-order valence-electron chi connectivity index (χ2n) is 8.14. The molecule has 1 saturated carbocycles. The van der Waals surface area contributed by atoms with E-state index in [4.69, 9.17) is 9.47 Å². The Morgan fingerprint density at radius 1 is 1.23 bits per heavy atom. The van der Waals surface area contributed by atoms with Crippen LogP contribution in [0.25, 0.3) is 6.08 Å². The number of benzene rings is 1. The fourth-order valence-corrected chi connectivity index (χ4v) is 5.71. The van der Waals surface area contributed by atoms with E-state index in [1.807, 2.05) is 0 Å². The minimum atomic E-state index is -3.71. The minimum absolute atomic E-state index is 0.101. The summed E-state index contributed by atoms with van der Waals surface area (Å²) in [6.45, 7) is 5.79. The molecule has 8 heteroatoms. The molecule has 1 saturated heterocycles. The van der Waals surface area contributed by atoms with Crippen LogP contribution in [0.3, 0.4) is 0 Å². The third-order valence-corrected chi connectivity index (χ3v) is 8.16. The Hall–Kier alpha value is -1.90. The van der Waals surface area contributed by atoms with Crippen LogP contribution in [0.5, 0.6) is 5.75 Å². The highest BCUT2D eigenvalue weighted by Gasteiger charge is 2.30. The molecule has 1 aliphatic carbocycles. The third-order valence-electron chi connectivity index (χ3n) is 6.24. The van der Waals surface area contributed by atoms with Gasteiger partial charge in [-0.3, -0.25) is 4.79 Å². The zero-order valence-electron chi connectivity index (χ0n) is 18.0. The molecule has 166 valence electrons. The molecule has 2 fully saturated rings. The van der Waals surface area contributed by atoms with Gasteiger partial charge in [-0.05, 0) is 42.0 Å². The maximum atomic E-state index is 13.1. The van der Waals surface area contributed by atoms with Crippen molar-refractivity contribution in [2.45, 2.75) is 44.0 Å². The smallest absolute Gasteiger partial charge is 0.246 e. The van der Waals surface area contributed by atoms with Gasteiger partial charge in [-0.15, -0.1) is 0 Å². The monoisotopic (exact) mass is 436 g/mol.